The SMILES string of the molecule is C=CCN(C)c1cccc(C)c1. The molecule has 64 valence electrons. The van der Waals surface area contributed by atoms with Crippen LogP contribution in [0.15, 0.2) is 36.9 Å². The van der Waals surface area contributed by atoms with Gasteiger partial charge in [-0.1, -0.05) is 18.2 Å². The van der Waals surface area contributed by atoms with Crippen molar-refractivity contribution in [3.05, 3.63) is 42.5 Å². The van der Waals surface area contributed by atoms with Crippen molar-refractivity contribution in [2.75, 3.05) is 18.5 Å². The summed E-state index contributed by atoms with van der Waals surface area (Å²) in [5.41, 5.74) is 2.54. The summed E-state index contributed by atoms with van der Waals surface area (Å²) in [5, 5.41) is 0. The van der Waals surface area contributed by atoms with E-state index in [1.54, 1.807) is 0 Å². The van der Waals surface area contributed by atoms with E-state index in [-0.39, 0.29) is 0 Å². The van der Waals surface area contributed by atoms with E-state index < -0.39 is 0 Å². The highest BCUT2D eigenvalue weighted by Gasteiger charge is 1.96. The summed E-state index contributed by atoms with van der Waals surface area (Å²) in [6.45, 7) is 6.70. The van der Waals surface area contributed by atoms with Crippen LogP contribution in [0.5, 0.6) is 0 Å². The molecule has 0 aliphatic rings. The molecule has 1 aromatic rings. The molecule has 1 rings (SSSR count). The number of rotatable bonds is 3. The first-order chi connectivity index (χ1) is 5.74. The van der Waals surface area contributed by atoms with Gasteiger partial charge in [0.1, 0.15) is 0 Å². The molecule has 0 spiro atoms. The molecule has 0 aliphatic carbocycles. The number of nitrogens with zero attached hydrogens (tertiary/aromatic N) is 1. The maximum atomic E-state index is 3.71. The zero-order chi connectivity index (χ0) is 8.97. The summed E-state index contributed by atoms with van der Waals surface area (Å²) in [6, 6.07) is 8.45. The normalized spacial score (nSPS) is 9.50. The number of anilines is 1. The first kappa shape index (κ1) is 8.85. The van der Waals surface area contributed by atoms with Gasteiger partial charge < -0.3 is 4.90 Å². The van der Waals surface area contributed by atoms with E-state index in [0.717, 1.165) is 6.54 Å². The fraction of sp³-hybridized carbons (Fsp3) is 0.273. The molecule has 12 heavy (non-hydrogen) atoms. The van der Waals surface area contributed by atoms with Crippen molar-refractivity contribution in [3.8, 4) is 0 Å². The lowest BCUT2D eigenvalue weighted by Crippen LogP contribution is -2.16. The molecule has 0 bridgehead atoms. The lowest BCUT2D eigenvalue weighted by molar-refractivity contribution is 1.03. The van der Waals surface area contributed by atoms with Gasteiger partial charge in [0.15, 0.2) is 0 Å². The van der Waals surface area contributed by atoms with E-state index in [1.165, 1.54) is 11.3 Å². The minimum Gasteiger partial charge on any atom is -0.371 e. The van der Waals surface area contributed by atoms with Crippen LogP contribution in [0.4, 0.5) is 5.69 Å². The molecule has 0 saturated carbocycles. The molecule has 0 heterocycles. The molecule has 0 radical (unpaired) electrons. The zero-order valence-corrected chi connectivity index (χ0v) is 7.75. The van der Waals surface area contributed by atoms with Gasteiger partial charge in [-0.2, -0.15) is 0 Å². The Labute approximate surface area is 74.3 Å². The molecule has 0 N–H and O–H groups in total. The maximum Gasteiger partial charge on any atom is 0.0369 e. The third kappa shape index (κ3) is 2.12. The molecule has 0 saturated heterocycles. The summed E-state index contributed by atoms with van der Waals surface area (Å²) in [7, 11) is 2.07. The third-order valence-corrected chi connectivity index (χ3v) is 1.85. The van der Waals surface area contributed by atoms with Crippen molar-refractivity contribution in [2.24, 2.45) is 0 Å². The number of hydrogen-bond donors (Lipinski definition) is 0. The smallest absolute Gasteiger partial charge is 0.0369 e. The van der Waals surface area contributed by atoms with E-state index >= 15 is 0 Å². The summed E-state index contributed by atoms with van der Waals surface area (Å²) >= 11 is 0. The molecule has 0 atom stereocenters. The van der Waals surface area contributed by atoms with Gasteiger partial charge in [-0.25, -0.2) is 0 Å². The fourth-order valence-corrected chi connectivity index (χ4v) is 1.16. The largest absolute Gasteiger partial charge is 0.371 e. The Morgan fingerprint density at radius 3 is 2.83 bits per heavy atom. The quantitative estimate of drug-likeness (QED) is 0.616. The summed E-state index contributed by atoms with van der Waals surface area (Å²) in [4.78, 5) is 2.17. The topological polar surface area (TPSA) is 3.24 Å². The molecule has 0 aliphatic heterocycles. The minimum atomic E-state index is 0.892. The second-order valence-corrected chi connectivity index (χ2v) is 3.01. The minimum absolute atomic E-state index is 0.892. The lowest BCUT2D eigenvalue weighted by atomic mass is 10.2. The van der Waals surface area contributed by atoms with Crippen molar-refractivity contribution in [1.82, 2.24) is 0 Å². The summed E-state index contributed by atoms with van der Waals surface area (Å²) in [5.74, 6) is 0. The molecule has 0 amide bonds. The van der Waals surface area contributed by atoms with Crippen molar-refractivity contribution in [3.63, 3.8) is 0 Å². The van der Waals surface area contributed by atoms with Gasteiger partial charge in [0.2, 0.25) is 0 Å². The van der Waals surface area contributed by atoms with Crippen LogP contribution in [0.25, 0.3) is 0 Å². The van der Waals surface area contributed by atoms with Crippen LogP contribution >= 0.6 is 0 Å². The molecule has 1 nitrogen and oxygen atoms in total. The Balaban J connectivity index is 2.80. The summed E-state index contributed by atoms with van der Waals surface area (Å²) in [6.07, 6.45) is 1.91. The molecule has 0 aromatic heterocycles. The summed E-state index contributed by atoms with van der Waals surface area (Å²) < 4.78 is 0. The average molecular weight is 161 g/mol. The van der Waals surface area contributed by atoms with Gasteiger partial charge >= 0.3 is 0 Å². The first-order valence-corrected chi connectivity index (χ1v) is 4.12. The van der Waals surface area contributed by atoms with E-state index in [4.69, 9.17) is 0 Å². The van der Waals surface area contributed by atoms with Gasteiger partial charge in [-0.05, 0) is 24.6 Å². The van der Waals surface area contributed by atoms with Crippen LogP contribution in [-0.4, -0.2) is 13.6 Å². The lowest BCUT2D eigenvalue weighted by Gasteiger charge is -2.17. The number of aryl methyl sites for hydroxylation is 1. The highest BCUT2D eigenvalue weighted by Crippen LogP contribution is 2.13. The van der Waals surface area contributed by atoms with Crippen LogP contribution in [0, 0.1) is 6.92 Å². The molecular weight excluding hydrogens is 146 g/mol. The maximum absolute atomic E-state index is 3.71. The Morgan fingerprint density at radius 1 is 1.50 bits per heavy atom. The monoisotopic (exact) mass is 161 g/mol. The zero-order valence-electron chi connectivity index (χ0n) is 7.75. The molecule has 0 fully saturated rings. The number of hydrogen-bond acceptors (Lipinski definition) is 1. The van der Waals surface area contributed by atoms with E-state index in [9.17, 15) is 0 Å². The van der Waals surface area contributed by atoms with Crippen molar-refractivity contribution < 1.29 is 0 Å². The van der Waals surface area contributed by atoms with Gasteiger partial charge in [-0.3, -0.25) is 0 Å². The molecular formula is C11H15N. The second-order valence-electron chi connectivity index (χ2n) is 3.01. The highest BCUT2D eigenvalue weighted by atomic mass is 15.1. The van der Waals surface area contributed by atoms with Crippen LogP contribution in [0.3, 0.4) is 0 Å². The van der Waals surface area contributed by atoms with E-state index in [2.05, 4.69) is 49.7 Å². The van der Waals surface area contributed by atoms with Gasteiger partial charge in [-0.15, -0.1) is 6.58 Å². The van der Waals surface area contributed by atoms with Crippen LogP contribution in [-0.2, 0) is 0 Å². The van der Waals surface area contributed by atoms with Crippen LogP contribution in [0.2, 0.25) is 0 Å². The van der Waals surface area contributed by atoms with Gasteiger partial charge in [0.25, 0.3) is 0 Å². The van der Waals surface area contributed by atoms with E-state index in [1.807, 2.05) is 6.08 Å². The Morgan fingerprint density at radius 2 is 2.25 bits per heavy atom. The molecule has 1 aromatic carbocycles. The van der Waals surface area contributed by atoms with Gasteiger partial charge in [0.05, 0.1) is 0 Å². The predicted molar refractivity (Wildman–Crippen MR) is 54.6 cm³/mol. The van der Waals surface area contributed by atoms with E-state index in [0.29, 0.717) is 0 Å². The van der Waals surface area contributed by atoms with Crippen molar-refractivity contribution in [1.29, 1.82) is 0 Å². The molecule has 0 unspecified atom stereocenters. The molecule has 1 heteroatoms. The number of benzene rings is 1. The van der Waals surface area contributed by atoms with Crippen molar-refractivity contribution in [2.45, 2.75) is 6.92 Å². The second kappa shape index (κ2) is 3.96. The van der Waals surface area contributed by atoms with Crippen LogP contribution < -0.4 is 4.90 Å². The number of likely N-dealkylation sites (N-methyl/N-ethyl adjacent to an activating group) is 1. The predicted octanol–water partition coefficient (Wildman–Crippen LogP) is 2.62. The Hall–Kier alpha value is -1.24. The Bertz CT molecular complexity index is 265. The van der Waals surface area contributed by atoms with Gasteiger partial charge in [0, 0.05) is 19.3 Å². The average Bonchev–Trinajstić information content (AvgIpc) is 2.05. The van der Waals surface area contributed by atoms with Crippen LogP contribution in [0.1, 0.15) is 5.56 Å². The highest BCUT2D eigenvalue weighted by molar-refractivity contribution is 5.47. The Kier molecular flexibility index (Phi) is 2.92. The third-order valence-electron chi connectivity index (χ3n) is 1.85. The first-order valence-electron chi connectivity index (χ1n) is 4.12. The fourth-order valence-electron chi connectivity index (χ4n) is 1.16. The standard InChI is InChI=1S/C11H15N/c1-4-8-12(3)11-7-5-6-10(2)9-11/h4-7,9H,1,8H2,2-3H3. The van der Waals surface area contributed by atoms with Crippen molar-refractivity contribution >= 4 is 5.69 Å².